The van der Waals surface area contributed by atoms with Gasteiger partial charge in [0.1, 0.15) is 5.82 Å². The van der Waals surface area contributed by atoms with Crippen LogP contribution in [0.4, 0.5) is 4.39 Å². The predicted octanol–water partition coefficient (Wildman–Crippen LogP) is 3.62. The van der Waals surface area contributed by atoms with Gasteiger partial charge < -0.3 is 10.6 Å². The second kappa shape index (κ2) is 10.8. The minimum Gasteiger partial charge on any atom is -0.357 e. The summed E-state index contributed by atoms with van der Waals surface area (Å²) >= 11 is 1.87. The van der Waals surface area contributed by atoms with Crippen LogP contribution in [0.5, 0.6) is 0 Å². The number of guanidine groups is 1. The summed E-state index contributed by atoms with van der Waals surface area (Å²) in [6, 6.07) is 8.73. The highest BCUT2D eigenvalue weighted by Gasteiger charge is 2.16. The van der Waals surface area contributed by atoms with E-state index in [1.165, 1.54) is 17.7 Å². The van der Waals surface area contributed by atoms with E-state index in [1.807, 2.05) is 11.3 Å². The highest BCUT2D eigenvalue weighted by Crippen LogP contribution is 2.23. The van der Waals surface area contributed by atoms with E-state index in [9.17, 15) is 4.39 Å². The van der Waals surface area contributed by atoms with E-state index in [4.69, 9.17) is 0 Å². The van der Waals surface area contributed by atoms with Crippen molar-refractivity contribution in [2.24, 2.45) is 4.99 Å². The van der Waals surface area contributed by atoms with Crippen molar-refractivity contribution in [2.45, 2.75) is 26.4 Å². The number of fused-ring (bicyclic) bond motifs is 1. The zero-order valence-corrected chi connectivity index (χ0v) is 18.1. The van der Waals surface area contributed by atoms with Crippen molar-refractivity contribution >= 4 is 41.3 Å². The minimum atomic E-state index is -0.215. The number of aliphatic imine (C=N–C) groups is 1. The minimum absolute atomic E-state index is 0. The molecule has 1 aliphatic heterocycles. The quantitative estimate of drug-likeness (QED) is 0.371. The molecule has 0 saturated carbocycles. The Morgan fingerprint density at radius 3 is 2.81 bits per heavy atom. The number of rotatable bonds is 6. The molecule has 1 aromatic heterocycles. The normalized spacial score (nSPS) is 14.5. The number of hydrogen-bond donors (Lipinski definition) is 2. The summed E-state index contributed by atoms with van der Waals surface area (Å²) < 4.78 is 13.0. The maximum Gasteiger partial charge on any atom is 0.191 e. The third-order valence-corrected chi connectivity index (χ3v) is 5.31. The van der Waals surface area contributed by atoms with E-state index in [1.54, 1.807) is 17.0 Å². The number of thiophene rings is 1. The van der Waals surface area contributed by atoms with Crippen LogP contribution < -0.4 is 10.6 Å². The van der Waals surface area contributed by atoms with Crippen LogP contribution in [0.3, 0.4) is 0 Å². The van der Waals surface area contributed by atoms with Gasteiger partial charge in [0, 0.05) is 37.6 Å². The molecular formula is C19H26FIN4S. The fourth-order valence-electron chi connectivity index (χ4n) is 2.93. The van der Waals surface area contributed by atoms with E-state index < -0.39 is 0 Å². The fraction of sp³-hybridized carbons (Fsp3) is 0.421. The van der Waals surface area contributed by atoms with Gasteiger partial charge in [-0.2, -0.15) is 0 Å². The van der Waals surface area contributed by atoms with Gasteiger partial charge in [0.25, 0.3) is 0 Å². The third kappa shape index (κ3) is 6.21. The van der Waals surface area contributed by atoms with Gasteiger partial charge in [-0.3, -0.25) is 4.90 Å². The average Bonchev–Trinajstić information content (AvgIpc) is 3.09. The Labute approximate surface area is 175 Å². The molecule has 0 saturated heterocycles. The zero-order chi connectivity index (χ0) is 17.5. The number of nitrogens with one attached hydrogen (secondary N) is 2. The topological polar surface area (TPSA) is 39.7 Å². The third-order valence-electron chi connectivity index (χ3n) is 4.28. The van der Waals surface area contributed by atoms with E-state index in [0.29, 0.717) is 6.54 Å². The highest BCUT2D eigenvalue weighted by atomic mass is 127. The molecule has 0 unspecified atom stereocenters. The van der Waals surface area contributed by atoms with Crippen molar-refractivity contribution < 1.29 is 4.39 Å². The first-order valence-corrected chi connectivity index (χ1v) is 9.67. The maximum atomic E-state index is 13.0. The first-order chi connectivity index (χ1) is 12.2. The molecule has 3 rings (SSSR count). The first-order valence-electron chi connectivity index (χ1n) is 8.79. The van der Waals surface area contributed by atoms with Crippen LogP contribution >= 0.6 is 35.3 Å². The fourth-order valence-corrected chi connectivity index (χ4v) is 3.82. The maximum absolute atomic E-state index is 13.0. The van der Waals surface area contributed by atoms with Gasteiger partial charge >= 0.3 is 0 Å². The lowest BCUT2D eigenvalue weighted by atomic mass is 10.1. The van der Waals surface area contributed by atoms with E-state index in [0.717, 1.165) is 50.7 Å². The lowest BCUT2D eigenvalue weighted by Gasteiger charge is -2.27. The molecule has 2 heterocycles. The molecule has 0 atom stereocenters. The summed E-state index contributed by atoms with van der Waals surface area (Å²) in [7, 11) is 0. The number of halogens is 2. The summed E-state index contributed by atoms with van der Waals surface area (Å²) in [5.74, 6) is 0.591. The molecule has 2 aromatic rings. The summed E-state index contributed by atoms with van der Waals surface area (Å²) in [6.07, 6.45) is 1.16. The van der Waals surface area contributed by atoms with E-state index in [-0.39, 0.29) is 29.8 Å². The van der Waals surface area contributed by atoms with Gasteiger partial charge in [-0.25, -0.2) is 9.38 Å². The van der Waals surface area contributed by atoms with Crippen LogP contribution in [0.15, 0.2) is 40.7 Å². The van der Waals surface area contributed by atoms with Crippen molar-refractivity contribution in [3.8, 4) is 0 Å². The van der Waals surface area contributed by atoms with Gasteiger partial charge in [0.05, 0.1) is 6.54 Å². The second-order valence-electron chi connectivity index (χ2n) is 6.14. The monoisotopic (exact) mass is 488 g/mol. The molecule has 0 amide bonds. The molecule has 0 aliphatic carbocycles. The Morgan fingerprint density at radius 2 is 2.04 bits per heavy atom. The molecule has 2 N–H and O–H groups in total. The van der Waals surface area contributed by atoms with Crippen molar-refractivity contribution in [2.75, 3.05) is 26.2 Å². The molecule has 4 nitrogen and oxygen atoms in total. The second-order valence-corrected chi connectivity index (χ2v) is 7.14. The zero-order valence-electron chi connectivity index (χ0n) is 15.0. The first kappa shape index (κ1) is 21.1. The SMILES string of the molecule is CCNC(=NCc1ccc(F)cc1)NCCN1CCc2sccc2C1.I. The molecule has 1 aliphatic rings. The number of hydrogen-bond acceptors (Lipinski definition) is 3. The Morgan fingerprint density at radius 1 is 1.23 bits per heavy atom. The summed E-state index contributed by atoms with van der Waals surface area (Å²) in [4.78, 5) is 8.60. The van der Waals surface area contributed by atoms with Crippen molar-refractivity contribution in [1.82, 2.24) is 15.5 Å². The highest BCUT2D eigenvalue weighted by molar-refractivity contribution is 14.0. The van der Waals surface area contributed by atoms with Gasteiger partial charge in [-0.15, -0.1) is 35.3 Å². The Kier molecular flexibility index (Phi) is 8.80. The molecule has 0 spiro atoms. The standard InChI is InChI=1S/C19H25FN4S.HI/c1-2-21-19(23-13-15-3-5-17(20)6-4-15)22-9-11-24-10-7-18-16(14-24)8-12-25-18;/h3-6,8,12H,2,7,9-11,13-14H2,1H3,(H2,21,22,23);1H. The van der Waals surface area contributed by atoms with Gasteiger partial charge in [-0.1, -0.05) is 12.1 Å². The molecule has 1 aromatic carbocycles. The van der Waals surface area contributed by atoms with Crippen LogP contribution in [0.2, 0.25) is 0 Å². The van der Waals surface area contributed by atoms with Gasteiger partial charge in [-0.05, 0) is 48.1 Å². The molecular weight excluding hydrogens is 462 g/mol. The molecule has 7 heteroatoms. The smallest absolute Gasteiger partial charge is 0.191 e. The molecule has 0 bridgehead atoms. The number of benzene rings is 1. The van der Waals surface area contributed by atoms with Crippen LogP contribution in [-0.2, 0) is 19.5 Å². The lowest BCUT2D eigenvalue weighted by Crippen LogP contribution is -2.42. The lowest BCUT2D eigenvalue weighted by molar-refractivity contribution is 0.260. The molecule has 0 radical (unpaired) electrons. The predicted molar refractivity (Wildman–Crippen MR) is 118 cm³/mol. The van der Waals surface area contributed by atoms with Crippen LogP contribution in [0.25, 0.3) is 0 Å². The molecule has 26 heavy (non-hydrogen) atoms. The van der Waals surface area contributed by atoms with Crippen molar-refractivity contribution in [3.63, 3.8) is 0 Å². The Balaban J connectivity index is 0.00000243. The van der Waals surface area contributed by atoms with E-state index >= 15 is 0 Å². The van der Waals surface area contributed by atoms with E-state index in [2.05, 4.69) is 38.9 Å². The van der Waals surface area contributed by atoms with Crippen molar-refractivity contribution in [3.05, 3.63) is 57.5 Å². The average molecular weight is 488 g/mol. The van der Waals surface area contributed by atoms with Crippen LogP contribution in [-0.4, -0.2) is 37.0 Å². The number of nitrogens with zero attached hydrogens (tertiary/aromatic N) is 2. The van der Waals surface area contributed by atoms with Crippen LogP contribution in [0, 0.1) is 5.82 Å². The van der Waals surface area contributed by atoms with Crippen LogP contribution in [0.1, 0.15) is 22.9 Å². The Bertz CT molecular complexity index is 702. The molecule has 0 fully saturated rings. The largest absolute Gasteiger partial charge is 0.357 e. The summed E-state index contributed by atoms with van der Waals surface area (Å²) in [5, 5.41) is 8.85. The van der Waals surface area contributed by atoms with Gasteiger partial charge in [0.15, 0.2) is 5.96 Å². The summed E-state index contributed by atoms with van der Waals surface area (Å²) in [6.45, 7) is 7.43. The molecule has 142 valence electrons. The summed E-state index contributed by atoms with van der Waals surface area (Å²) in [5.41, 5.74) is 2.48. The Hall–Kier alpha value is -1.19. The van der Waals surface area contributed by atoms with Gasteiger partial charge in [0.2, 0.25) is 0 Å². The van der Waals surface area contributed by atoms with Crippen molar-refractivity contribution in [1.29, 1.82) is 0 Å².